The summed E-state index contributed by atoms with van der Waals surface area (Å²) in [7, 11) is 4.57. The minimum atomic E-state index is -1.22. The smallest absolute Gasteiger partial charge is 0.320 e. The van der Waals surface area contributed by atoms with E-state index >= 15 is 0 Å². The lowest BCUT2D eigenvalue weighted by Crippen LogP contribution is -2.42. The summed E-state index contributed by atoms with van der Waals surface area (Å²) >= 11 is 0. The monoisotopic (exact) mass is 595 g/mol. The molecule has 1 aromatic carbocycles. The molecule has 0 bridgehead atoms. The fourth-order valence-electron chi connectivity index (χ4n) is 4.78. The van der Waals surface area contributed by atoms with E-state index in [-0.39, 0.29) is 12.1 Å². The van der Waals surface area contributed by atoms with Crippen LogP contribution in [0.1, 0.15) is 17.2 Å². The Morgan fingerprint density at radius 2 is 1.88 bits per heavy atom. The van der Waals surface area contributed by atoms with Crippen LogP contribution in [0.4, 0.5) is 19.4 Å². The van der Waals surface area contributed by atoms with Crippen LogP contribution in [0.3, 0.4) is 0 Å². The summed E-state index contributed by atoms with van der Waals surface area (Å²) in [5, 5.41) is 12.2. The summed E-state index contributed by atoms with van der Waals surface area (Å²) in [5.74, 6) is -1.16. The number of carbonyl (C=O) groups excluding carboxylic acids is 1. The number of rotatable bonds is 10. The molecule has 12 nitrogen and oxygen atoms in total. The summed E-state index contributed by atoms with van der Waals surface area (Å²) in [4.78, 5) is 27.3. The Morgan fingerprint density at radius 3 is 2.58 bits per heavy atom. The molecule has 0 unspecified atom stereocenters. The summed E-state index contributed by atoms with van der Waals surface area (Å²) in [5.41, 5.74) is 2.86. The Labute approximate surface area is 246 Å². The zero-order valence-electron chi connectivity index (χ0n) is 24.0. The number of benzene rings is 1. The Kier molecular flexibility index (Phi) is 9.09. The lowest BCUT2D eigenvalue weighted by atomic mass is 10.0. The number of nitrogens with one attached hydrogen (secondary N) is 2. The molecule has 0 spiro atoms. The first-order valence-corrected chi connectivity index (χ1v) is 13.4. The maximum atomic E-state index is 14.0. The number of urea groups is 1. The van der Waals surface area contributed by atoms with Crippen LogP contribution in [0, 0.1) is 18.7 Å². The number of ether oxygens (including phenoxy) is 3. The predicted molar refractivity (Wildman–Crippen MR) is 152 cm³/mol. The molecule has 1 aliphatic rings. The van der Waals surface area contributed by atoms with Crippen LogP contribution in [0.15, 0.2) is 54.9 Å². The van der Waals surface area contributed by atoms with Gasteiger partial charge in [0, 0.05) is 49.3 Å². The third-order valence-corrected chi connectivity index (χ3v) is 6.90. The normalized spacial score (nSPS) is 16.7. The third-order valence-electron chi connectivity index (χ3n) is 6.90. The largest absolute Gasteiger partial charge is 0.491 e. The number of aromatic nitrogens is 4. The standard InChI is InChI=1S/C29H31F2N7O5/c1-17-24(18-13-23(41-3)28(42-4)33-14-18)36-38(20-8-6-5-7-9-20)27(17)35-29(39)34-22-16-37(10-11-40-2)43-25(22)19-12-21(30)26(31)32-15-19/h5-9,12-15,22,25H,10-11,16H2,1-4H3,(H2,34,35,39)/t22-,25+/m1/s1. The maximum Gasteiger partial charge on any atom is 0.320 e. The molecule has 2 atom stereocenters. The van der Waals surface area contributed by atoms with Gasteiger partial charge in [0.2, 0.25) is 5.95 Å². The molecule has 43 heavy (non-hydrogen) atoms. The second-order valence-electron chi connectivity index (χ2n) is 9.66. The van der Waals surface area contributed by atoms with Crippen LogP contribution < -0.4 is 20.1 Å². The molecule has 3 aromatic heterocycles. The number of hydrogen-bond acceptors (Lipinski definition) is 9. The van der Waals surface area contributed by atoms with Crippen LogP contribution in [-0.2, 0) is 9.57 Å². The summed E-state index contributed by atoms with van der Waals surface area (Å²) in [6.45, 7) is 2.85. The first-order valence-electron chi connectivity index (χ1n) is 13.4. The maximum absolute atomic E-state index is 14.0. The summed E-state index contributed by atoms with van der Waals surface area (Å²) in [6, 6.07) is 10.9. The van der Waals surface area contributed by atoms with Crippen molar-refractivity contribution in [2.75, 3.05) is 46.3 Å². The summed E-state index contributed by atoms with van der Waals surface area (Å²) < 4.78 is 45.0. The van der Waals surface area contributed by atoms with Gasteiger partial charge in [0.05, 0.1) is 38.2 Å². The van der Waals surface area contributed by atoms with Crippen molar-refractivity contribution < 1.29 is 32.6 Å². The number of methoxy groups -OCH3 is 3. The lowest BCUT2D eigenvalue weighted by molar-refractivity contribution is -0.154. The quantitative estimate of drug-likeness (QED) is 0.261. The average Bonchev–Trinajstić information content (AvgIpc) is 3.57. The van der Waals surface area contributed by atoms with Crippen molar-refractivity contribution in [3.05, 3.63) is 77.8 Å². The van der Waals surface area contributed by atoms with Crippen molar-refractivity contribution in [3.8, 4) is 28.6 Å². The van der Waals surface area contributed by atoms with Crippen LogP contribution in [-0.4, -0.2) is 77.9 Å². The number of nitrogens with zero attached hydrogens (tertiary/aromatic N) is 5. The molecule has 2 amide bonds. The first-order chi connectivity index (χ1) is 20.8. The van der Waals surface area contributed by atoms with Crippen molar-refractivity contribution >= 4 is 11.8 Å². The Morgan fingerprint density at radius 1 is 1.09 bits per heavy atom. The van der Waals surface area contributed by atoms with E-state index in [4.69, 9.17) is 24.1 Å². The van der Waals surface area contributed by atoms with Crippen molar-refractivity contribution in [3.63, 3.8) is 0 Å². The van der Waals surface area contributed by atoms with Crippen molar-refractivity contribution in [2.45, 2.75) is 19.1 Å². The van der Waals surface area contributed by atoms with E-state index < -0.39 is 29.9 Å². The van der Waals surface area contributed by atoms with E-state index in [0.717, 1.165) is 6.07 Å². The second kappa shape index (κ2) is 13.1. The van der Waals surface area contributed by atoms with E-state index in [1.165, 1.54) is 20.4 Å². The molecule has 14 heteroatoms. The zero-order valence-corrected chi connectivity index (χ0v) is 24.0. The van der Waals surface area contributed by atoms with Gasteiger partial charge in [-0.2, -0.15) is 14.6 Å². The number of hydrogen-bond donors (Lipinski definition) is 2. The number of pyridine rings is 2. The highest BCUT2D eigenvalue weighted by atomic mass is 19.2. The van der Waals surface area contributed by atoms with E-state index in [1.807, 2.05) is 37.3 Å². The van der Waals surface area contributed by atoms with Gasteiger partial charge >= 0.3 is 6.03 Å². The van der Waals surface area contributed by atoms with E-state index in [0.29, 0.717) is 53.1 Å². The number of halogens is 2. The van der Waals surface area contributed by atoms with Gasteiger partial charge in [-0.05, 0) is 31.2 Å². The van der Waals surface area contributed by atoms with Gasteiger partial charge in [-0.1, -0.05) is 18.2 Å². The molecule has 226 valence electrons. The molecule has 4 aromatic rings. The minimum Gasteiger partial charge on any atom is -0.491 e. The SMILES string of the molecule is COCCN1C[C@@H](NC(=O)Nc2c(C)c(-c3cnc(OC)c(OC)c3)nn2-c2ccccc2)[C@H](c2cnc(F)c(F)c2)O1. The molecule has 1 fully saturated rings. The van der Waals surface area contributed by atoms with Crippen molar-refractivity contribution in [1.82, 2.24) is 30.1 Å². The molecule has 4 heterocycles. The van der Waals surface area contributed by atoms with Crippen LogP contribution in [0.2, 0.25) is 0 Å². The highest BCUT2D eigenvalue weighted by Crippen LogP contribution is 2.35. The van der Waals surface area contributed by atoms with Crippen LogP contribution in [0.5, 0.6) is 11.6 Å². The van der Waals surface area contributed by atoms with Gasteiger partial charge in [-0.3, -0.25) is 10.2 Å². The molecular formula is C29H31F2N7O5. The van der Waals surface area contributed by atoms with Gasteiger partial charge in [-0.15, -0.1) is 0 Å². The molecule has 0 aliphatic carbocycles. The predicted octanol–water partition coefficient (Wildman–Crippen LogP) is 4.06. The second-order valence-corrected chi connectivity index (χ2v) is 9.66. The Bertz CT molecular complexity index is 1590. The first kappa shape index (κ1) is 29.8. The number of amides is 2. The van der Waals surface area contributed by atoms with Crippen LogP contribution >= 0.6 is 0 Å². The average molecular weight is 596 g/mol. The summed E-state index contributed by atoms with van der Waals surface area (Å²) in [6.07, 6.45) is 1.98. The highest BCUT2D eigenvalue weighted by molar-refractivity contribution is 5.91. The number of hydroxylamine groups is 2. The topological polar surface area (TPSA) is 125 Å². The number of para-hydroxylation sites is 1. The number of carbonyl (C=O) groups is 1. The molecule has 0 radical (unpaired) electrons. The zero-order chi connectivity index (χ0) is 30.5. The molecule has 1 aliphatic heterocycles. The Hall–Kier alpha value is -4.66. The molecule has 1 saturated heterocycles. The van der Waals surface area contributed by atoms with Gasteiger partial charge in [0.15, 0.2) is 11.6 Å². The minimum absolute atomic E-state index is 0.264. The highest BCUT2D eigenvalue weighted by Gasteiger charge is 2.37. The molecular weight excluding hydrogens is 564 g/mol. The third kappa shape index (κ3) is 6.40. The fourth-order valence-corrected chi connectivity index (χ4v) is 4.78. The van der Waals surface area contributed by atoms with E-state index in [1.54, 1.807) is 29.1 Å². The lowest BCUT2D eigenvalue weighted by Gasteiger charge is -2.19. The van der Waals surface area contributed by atoms with Crippen molar-refractivity contribution in [2.24, 2.45) is 0 Å². The molecule has 5 rings (SSSR count). The van der Waals surface area contributed by atoms with Gasteiger partial charge < -0.3 is 19.5 Å². The molecule has 0 saturated carbocycles. The van der Waals surface area contributed by atoms with E-state index in [9.17, 15) is 13.6 Å². The Balaban J connectivity index is 1.45. The number of anilines is 1. The van der Waals surface area contributed by atoms with Crippen molar-refractivity contribution in [1.29, 1.82) is 0 Å². The molecule has 2 N–H and O–H groups in total. The fraction of sp³-hybridized carbons (Fsp3) is 0.310. The van der Waals surface area contributed by atoms with Crippen LogP contribution in [0.25, 0.3) is 16.9 Å². The van der Waals surface area contributed by atoms with Gasteiger partial charge in [0.1, 0.15) is 11.9 Å². The van der Waals surface area contributed by atoms with Gasteiger partial charge in [0.25, 0.3) is 5.88 Å². The van der Waals surface area contributed by atoms with E-state index in [2.05, 4.69) is 20.6 Å². The van der Waals surface area contributed by atoms with Gasteiger partial charge in [-0.25, -0.2) is 23.8 Å².